The molecule has 10 heteroatoms. The zero-order valence-electron chi connectivity index (χ0n) is 22.4. The van der Waals surface area contributed by atoms with Crippen LogP contribution in [0.2, 0.25) is 0 Å². The number of nitrogens with one attached hydrogen (secondary N) is 2. The molecule has 0 aliphatic carbocycles. The third-order valence-corrected chi connectivity index (χ3v) is 6.03. The number of aliphatic carboxylic acids is 1. The first-order chi connectivity index (χ1) is 19.8. The predicted molar refractivity (Wildman–Crippen MR) is 156 cm³/mol. The molecule has 3 rings (SSSR count). The molecule has 1 aromatic heterocycles. The van der Waals surface area contributed by atoms with Crippen LogP contribution < -0.4 is 10.1 Å². The summed E-state index contributed by atoms with van der Waals surface area (Å²) >= 11 is 5.67. The average Bonchev–Trinajstić information content (AvgIpc) is 3.39. The highest BCUT2D eigenvalue weighted by molar-refractivity contribution is 6.43. The Kier molecular flexibility index (Phi) is 11.2. The number of fused-ring (bicyclic) bond motifs is 1. The Hall–Kier alpha value is -4.94. The van der Waals surface area contributed by atoms with Crippen LogP contribution in [-0.2, 0) is 19.2 Å². The minimum absolute atomic E-state index is 0.0145. The van der Waals surface area contributed by atoms with E-state index in [1.54, 1.807) is 18.2 Å². The van der Waals surface area contributed by atoms with Crippen LogP contribution in [0.15, 0.2) is 77.9 Å². The van der Waals surface area contributed by atoms with Gasteiger partial charge in [-0.2, -0.15) is 0 Å². The monoisotopic (exact) mass is 573 g/mol. The number of benzene rings is 2. The zero-order valence-corrected chi connectivity index (χ0v) is 23.2. The summed E-state index contributed by atoms with van der Waals surface area (Å²) in [7, 11) is 1.52. The van der Waals surface area contributed by atoms with Crippen molar-refractivity contribution in [3.8, 4) is 17.6 Å². The van der Waals surface area contributed by atoms with Crippen molar-refractivity contribution in [3.63, 3.8) is 0 Å². The molecule has 1 atom stereocenters. The number of carbonyl (C=O) groups is 4. The van der Waals surface area contributed by atoms with E-state index < -0.39 is 29.9 Å². The molecule has 0 saturated carbocycles. The molecule has 3 aromatic rings. The maximum atomic E-state index is 13.5. The Morgan fingerprint density at radius 1 is 1.17 bits per heavy atom. The molecule has 0 aliphatic rings. The third kappa shape index (κ3) is 8.52. The Morgan fingerprint density at radius 3 is 2.59 bits per heavy atom. The van der Waals surface area contributed by atoms with Crippen LogP contribution in [0.25, 0.3) is 16.6 Å². The fourth-order valence-corrected chi connectivity index (χ4v) is 4.03. The van der Waals surface area contributed by atoms with E-state index in [1.807, 2.05) is 37.3 Å². The first-order valence-corrected chi connectivity index (χ1v) is 13.1. The Bertz CT molecular complexity index is 1590. The Morgan fingerprint density at radius 2 is 1.93 bits per heavy atom. The number of methoxy groups -OCH3 is 1. The summed E-state index contributed by atoms with van der Waals surface area (Å²) in [6.07, 6.45) is 4.47. The van der Waals surface area contributed by atoms with Gasteiger partial charge in [0.1, 0.15) is 11.6 Å². The highest BCUT2D eigenvalue weighted by atomic mass is 35.5. The third-order valence-electron chi connectivity index (χ3n) is 5.89. The summed E-state index contributed by atoms with van der Waals surface area (Å²) in [6, 6.07) is 14.0. The number of rotatable bonds is 12. The van der Waals surface area contributed by atoms with Crippen LogP contribution in [-0.4, -0.2) is 45.6 Å². The zero-order chi connectivity index (χ0) is 29.8. The van der Waals surface area contributed by atoms with Gasteiger partial charge >= 0.3 is 11.9 Å². The van der Waals surface area contributed by atoms with E-state index in [0.717, 1.165) is 12.0 Å². The van der Waals surface area contributed by atoms with Crippen LogP contribution >= 0.6 is 11.6 Å². The lowest BCUT2D eigenvalue weighted by atomic mass is 9.99. The van der Waals surface area contributed by atoms with Gasteiger partial charge in [-0.05, 0) is 36.1 Å². The maximum absolute atomic E-state index is 13.5. The molecule has 1 amide bonds. The second-order valence-electron chi connectivity index (χ2n) is 8.74. The largest absolute Gasteiger partial charge is 0.497 e. The number of nitrogens with zero attached hydrogens (tertiary/aromatic N) is 1. The van der Waals surface area contributed by atoms with Gasteiger partial charge < -0.3 is 20.1 Å². The molecule has 1 heterocycles. The maximum Gasteiger partial charge on any atom is 0.328 e. The number of imidazole rings is 1. The number of carboxylic acids is 1. The number of hydrogen-bond donors (Lipinski definition) is 3. The molecule has 210 valence electrons. The van der Waals surface area contributed by atoms with Gasteiger partial charge in [0.15, 0.2) is 5.78 Å². The minimum Gasteiger partial charge on any atom is -0.497 e. The fourth-order valence-electron chi connectivity index (χ4n) is 3.95. The standard InChI is InChI=1S/C31H28ClN3O6/c1-3-9-24(20-10-5-4-6-11-20)35-31(40)27(36)14-7-12-21(18-28(37)38)29(39)23(13-8-17-32)30-33-25-16-15-22(41-2)19-26(25)34-30/h4-6,8,10-11,13,15-19,24H,3,9,12H2,1-2H3,(H,33,34)(H,35,40)(H,37,38)/b17-8+,21-18-,23-13+/t24-/m1/s1. The van der Waals surface area contributed by atoms with E-state index in [2.05, 4.69) is 27.1 Å². The van der Waals surface area contributed by atoms with E-state index in [-0.39, 0.29) is 23.0 Å². The quantitative estimate of drug-likeness (QED) is 0.0920. The normalized spacial score (nSPS) is 12.5. The van der Waals surface area contributed by atoms with Gasteiger partial charge in [0, 0.05) is 29.7 Å². The highest BCUT2D eigenvalue weighted by Gasteiger charge is 2.21. The van der Waals surface area contributed by atoms with Gasteiger partial charge in [0.25, 0.3) is 5.78 Å². The van der Waals surface area contributed by atoms with E-state index >= 15 is 0 Å². The number of ether oxygens (including phenoxy) is 1. The van der Waals surface area contributed by atoms with E-state index in [4.69, 9.17) is 16.3 Å². The first-order valence-electron chi connectivity index (χ1n) is 12.6. The van der Waals surface area contributed by atoms with Crippen molar-refractivity contribution in [2.24, 2.45) is 0 Å². The lowest BCUT2D eigenvalue weighted by Gasteiger charge is -2.17. The van der Waals surface area contributed by atoms with Gasteiger partial charge in [0.05, 0.1) is 29.8 Å². The number of carboxylic acid groups (broad SMARTS) is 1. The summed E-state index contributed by atoms with van der Waals surface area (Å²) in [6.45, 7) is 1.96. The number of hydrogen-bond acceptors (Lipinski definition) is 6. The van der Waals surface area contributed by atoms with Gasteiger partial charge in [-0.15, -0.1) is 0 Å². The number of aromatic amines is 1. The molecule has 0 radical (unpaired) electrons. The van der Waals surface area contributed by atoms with E-state index in [1.165, 1.54) is 24.8 Å². The van der Waals surface area contributed by atoms with Gasteiger partial charge in [-0.25, -0.2) is 9.78 Å². The molecule has 0 bridgehead atoms. The summed E-state index contributed by atoms with van der Waals surface area (Å²) in [5.41, 5.74) is 2.96. The molecule has 3 N–H and O–H groups in total. The lowest BCUT2D eigenvalue weighted by molar-refractivity contribution is -0.135. The number of allylic oxidation sites excluding steroid dienone is 4. The molecular formula is C31H28ClN3O6. The van der Waals surface area contributed by atoms with Crippen molar-refractivity contribution in [1.82, 2.24) is 15.3 Å². The van der Waals surface area contributed by atoms with Crippen LogP contribution in [0.5, 0.6) is 5.75 Å². The Balaban J connectivity index is 1.83. The molecule has 0 fully saturated rings. The number of halogens is 1. The number of amides is 1. The number of H-pyrrole nitrogens is 1. The molecular weight excluding hydrogens is 546 g/mol. The summed E-state index contributed by atoms with van der Waals surface area (Å²) < 4.78 is 5.22. The number of ketones is 2. The van der Waals surface area contributed by atoms with E-state index in [0.29, 0.717) is 29.3 Å². The van der Waals surface area contributed by atoms with Crippen molar-refractivity contribution < 1.29 is 29.0 Å². The van der Waals surface area contributed by atoms with Crippen molar-refractivity contribution in [2.45, 2.75) is 32.2 Å². The fraction of sp³-hybridized carbons (Fsp3) is 0.194. The molecule has 0 spiro atoms. The van der Waals surface area contributed by atoms with E-state index in [9.17, 15) is 24.3 Å². The summed E-state index contributed by atoms with van der Waals surface area (Å²) in [4.78, 5) is 57.5. The molecule has 2 aromatic carbocycles. The van der Waals surface area contributed by atoms with Crippen LogP contribution in [0.1, 0.15) is 43.6 Å². The summed E-state index contributed by atoms with van der Waals surface area (Å²) in [5, 5.41) is 12.1. The van der Waals surface area contributed by atoms with Crippen molar-refractivity contribution >= 4 is 51.7 Å². The second kappa shape index (κ2) is 15.0. The lowest BCUT2D eigenvalue weighted by Crippen LogP contribution is -2.33. The SMILES string of the molecule is CCC[C@@H](NC(=O)C(=O)C#CC/C(=C/C(=O)O)C(=O)/C(=C\C=C\Cl)c1nc2ccc(OC)cc2[nH]1)c1ccccc1. The second-order valence-corrected chi connectivity index (χ2v) is 8.99. The average molecular weight is 574 g/mol. The van der Waals surface area contributed by atoms with Crippen LogP contribution in [0, 0.1) is 11.8 Å². The molecule has 9 nitrogen and oxygen atoms in total. The van der Waals surface area contributed by atoms with Gasteiger partial charge in [-0.1, -0.05) is 67.3 Å². The summed E-state index contributed by atoms with van der Waals surface area (Å²) in [5.74, 6) is 1.45. The highest BCUT2D eigenvalue weighted by Crippen LogP contribution is 2.25. The molecule has 0 saturated heterocycles. The molecule has 0 aliphatic heterocycles. The van der Waals surface area contributed by atoms with Crippen molar-refractivity contribution in [1.29, 1.82) is 0 Å². The number of carbonyl (C=O) groups excluding carboxylic acids is 3. The minimum atomic E-state index is -1.38. The molecule has 41 heavy (non-hydrogen) atoms. The van der Waals surface area contributed by atoms with Gasteiger partial charge in [-0.3, -0.25) is 14.4 Å². The molecule has 0 unspecified atom stereocenters. The number of Topliss-reactive ketones (excluding diaryl/α,β-unsaturated/α-hetero) is 2. The topological polar surface area (TPSA) is 138 Å². The predicted octanol–water partition coefficient (Wildman–Crippen LogP) is 4.91. The number of aromatic nitrogens is 2. The first kappa shape index (κ1) is 30.6. The van der Waals surface area contributed by atoms with Crippen molar-refractivity contribution in [2.75, 3.05) is 7.11 Å². The Labute approximate surface area is 242 Å². The smallest absolute Gasteiger partial charge is 0.328 e. The van der Waals surface area contributed by atoms with Gasteiger partial charge in [0.2, 0.25) is 0 Å². The van der Waals surface area contributed by atoms with Crippen molar-refractivity contribution in [3.05, 3.63) is 89.3 Å². The van der Waals surface area contributed by atoms with Crippen LogP contribution in [0.3, 0.4) is 0 Å². The van der Waals surface area contributed by atoms with Crippen LogP contribution in [0.4, 0.5) is 0 Å².